The Bertz CT molecular complexity index is 565. The van der Waals surface area contributed by atoms with E-state index in [1.54, 1.807) is 11.3 Å². The van der Waals surface area contributed by atoms with E-state index in [9.17, 15) is 0 Å². The summed E-state index contributed by atoms with van der Waals surface area (Å²) >= 11 is 1.71. The highest BCUT2D eigenvalue weighted by molar-refractivity contribution is 7.13. The third-order valence-corrected chi connectivity index (χ3v) is 4.75. The third-order valence-electron chi connectivity index (χ3n) is 3.81. The molecular weight excluding hydrogens is 290 g/mol. The molecule has 2 aromatic rings. The maximum Gasteiger partial charge on any atom is 0.123 e. The van der Waals surface area contributed by atoms with Crippen molar-refractivity contribution in [3.63, 3.8) is 0 Å². The van der Waals surface area contributed by atoms with Gasteiger partial charge in [-0.2, -0.15) is 0 Å². The summed E-state index contributed by atoms with van der Waals surface area (Å²) in [6.07, 6.45) is 3.37. The predicted molar refractivity (Wildman–Crippen MR) is 96.2 cm³/mol. The van der Waals surface area contributed by atoms with Gasteiger partial charge in [-0.1, -0.05) is 38.5 Å². The van der Waals surface area contributed by atoms with Crippen LogP contribution in [0.1, 0.15) is 37.9 Å². The summed E-state index contributed by atoms with van der Waals surface area (Å²) in [5.41, 5.74) is 9.29. The van der Waals surface area contributed by atoms with E-state index in [1.165, 1.54) is 30.5 Å². The first-order valence-electron chi connectivity index (χ1n) is 8.23. The lowest BCUT2D eigenvalue weighted by Gasteiger charge is -2.20. The van der Waals surface area contributed by atoms with E-state index in [0.29, 0.717) is 6.54 Å². The number of aromatic nitrogens is 1. The van der Waals surface area contributed by atoms with Gasteiger partial charge in [0, 0.05) is 23.9 Å². The Kier molecular flexibility index (Phi) is 7.03. The van der Waals surface area contributed by atoms with Crippen LogP contribution in [-0.2, 0) is 13.0 Å². The van der Waals surface area contributed by atoms with Gasteiger partial charge in [0.15, 0.2) is 0 Å². The molecule has 0 aliphatic rings. The quantitative estimate of drug-likeness (QED) is 0.762. The number of thiazole rings is 1. The largest absolute Gasteiger partial charge is 0.330 e. The second kappa shape index (κ2) is 9.03. The Morgan fingerprint density at radius 3 is 2.86 bits per heavy atom. The van der Waals surface area contributed by atoms with Crippen LogP contribution in [0, 0.1) is 0 Å². The first-order chi connectivity index (χ1) is 10.8. The minimum atomic E-state index is 0.659. The highest BCUT2D eigenvalue weighted by Gasteiger charge is 2.07. The summed E-state index contributed by atoms with van der Waals surface area (Å²) in [7, 11) is 0. The minimum absolute atomic E-state index is 0.659. The molecular formula is C18H27N3S. The Labute approximate surface area is 138 Å². The van der Waals surface area contributed by atoms with E-state index < -0.39 is 0 Å². The molecule has 0 aliphatic heterocycles. The average Bonchev–Trinajstić information content (AvgIpc) is 3.01. The molecule has 0 saturated heterocycles. The number of benzene rings is 1. The summed E-state index contributed by atoms with van der Waals surface area (Å²) in [4.78, 5) is 7.19. The van der Waals surface area contributed by atoms with E-state index in [4.69, 9.17) is 5.73 Å². The van der Waals surface area contributed by atoms with Crippen LogP contribution in [0.4, 0.5) is 0 Å². The van der Waals surface area contributed by atoms with Crippen molar-refractivity contribution in [1.29, 1.82) is 0 Å². The fourth-order valence-electron chi connectivity index (χ4n) is 2.49. The van der Waals surface area contributed by atoms with Crippen molar-refractivity contribution in [2.75, 3.05) is 19.6 Å². The zero-order valence-corrected chi connectivity index (χ0v) is 14.5. The fourth-order valence-corrected chi connectivity index (χ4v) is 3.35. The van der Waals surface area contributed by atoms with E-state index in [0.717, 1.165) is 30.2 Å². The summed E-state index contributed by atoms with van der Waals surface area (Å²) in [5, 5.41) is 3.22. The van der Waals surface area contributed by atoms with Crippen LogP contribution in [-0.4, -0.2) is 29.5 Å². The molecule has 0 spiro atoms. The van der Waals surface area contributed by atoms with Crippen LogP contribution in [0.5, 0.6) is 0 Å². The Morgan fingerprint density at radius 1 is 1.27 bits per heavy atom. The topological polar surface area (TPSA) is 42.2 Å². The lowest BCUT2D eigenvalue weighted by Crippen LogP contribution is -2.23. The summed E-state index contributed by atoms with van der Waals surface area (Å²) in [6, 6.07) is 8.78. The lowest BCUT2D eigenvalue weighted by atomic mass is 10.1. The molecule has 2 N–H and O–H groups in total. The molecule has 0 aliphatic carbocycles. The van der Waals surface area contributed by atoms with Gasteiger partial charge in [0.05, 0.1) is 5.69 Å². The SMILES string of the molecule is CCCCN(CC)Cc1cccc(-c2nc(CCN)cs2)c1. The standard InChI is InChI=1S/C18H27N3S/c1-3-5-11-21(4-2)13-15-7-6-8-16(12-15)18-20-17(9-10-19)14-22-18/h6-8,12,14H,3-5,9-11,13,19H2,1-2H3. The van der Waals surface area contributed by atoms with Crippen LogP contribution in [0.2, 0.25) is 0 Å². The van der Waals surface area contributed by atoms with Gasteiger partial charge < -0.3 is 5.73 Å². The number of hydrogen-bond acceptors (Lipinski definition) is 4. The Morgan fingerprint density at radius 2 is 2.14 bits per heavy atom. The van der Waals surface area contributed by atoms with Gasteiger partial charge in [-0.15, -0.1) is 11.3 Å². The van der Waals surface area contributed by atoms with Gasteiger partial charge in [-0.05, 0) is 37.7 Å². The van der Waals surface area contributed by atoms with Crippen LogP contribution >= 0.6 is 11.3 Å². The molecule has 3 nitrogen and oxygen atoms in total. The molecule has 0 amide bonds. The first-order valence-corrected chi connectivity index (χ1v) is 9.10. The Balaban J connectivity index is 2.08. The summed E-state index contributed by atoms with van der Waals surface area (Å²) in [6.45, 7) is 8.43. The molecule has 0 saturated carbocycles. The zero-order chi connectivity index (χ0) is 15.8. The smallest absolute Gasteiger partial charge is 0.123 e. The molecule has 2 rings (SSSR count). The van der Waals surface area contributed by atoms with Gasteiger partial charge in [0.1, 0.15) is 5.01 Å². The van der Waals surface area contributed by atoms with Crippen molar-refractivity contribution in [3.05, 3.63) is 40.9 Å². The van der Waals surface area contributed by atoms with Crippen LogP contribution < -0.4 is 5.73 Å². The van der Waals surface area contributed by atoms with Crippen molar-refractivity contribution < 1.29 is 0 Å². The van der Waals surface area contributed by atoms with E-state index in [-0.39, 0.29) is 0 Å². The molecule has 0 radical (unpaired) electrons. The molecule has 0 fully saturated rings. The van der Waals surface area contributed by atoms with Gasteiger partial charge in [0.2, 0.25) is 0 Å². The van der Waals surface area contributed by atoms with Gasteiger partial charge >= 0.3 is 0 Å². The van der Waals surface area contributed by atoms with E-state index in [2.05, 4.69) is 53.4 Å². The van der Waals surface area contributed by atoms with E-state index in [1.807, 2.05) is 0 Å². The monoisotopic (exact) mass is 317 g/mol. The molecule has 22 heavy (non-hydrogen) atoms. The second-order valence-electron chi connectivity index (χ2n) is 5.61. The minimum Gasteiger partial charge on any atom is -0.330 e. The normalized spacial score (nSPS) is 11.3. The van der Waals surface area contributed by atoms with Crippen molar-refractivity contribution in [2.45, 2.75) is 39.7 Å². The third kappa shape index (κ3) is 4.90. The average molecular weight is 318 g/mol. The van der Waals surface area contributed by atoms with Crippen LogP contribution in [0.25, 0.3) is 10.6 Å². The van der Waals surface area contributed by atoms with Crippen molar-refractivity contribution in [1.82, 2.24) is 9.88 Å². The number of nitrogens with two attached hydrogens (primary N) is 1. The summed E-state index contributed by atoms with van der Waals surface area (Å²) < 4.78 is 0. The Hall–Kier alpha value is -1.23. The molecule has 0 atom stereocenters. The molecule has 0 bridgehead atoms. The molecule has 1 aromatic carbocycles. The molecule has 4 heteroatoms. The van der Waals surface area contributed by atoms with Crippen molar-refractivity contribution >= 4 is 11.3 Å². The molecule has 1 aromatic heterocycles. The molecule has 0 unspecified atom stereocenters. The van der Waals surface area contributed by atoms with Crippen LogP contribution in [0.3, 0.4) is 0 Å². The van der Waals surface area contributed by atoms with Crippen LogP contribution in [0.15, 0.2) is 29.6 Å². The number of unbranched alkanes of at least 4 members (excludes halogenated alkanes) is 1. The van der Waals surface area contributed by atoms with Crippen molar-refractivity contribution in [3.8, 4) is 10.6 Å². The number of rotatable bonds is 9. The highest BCUT2D eigenvalue weighted by atomic mass is 32.1. The number of hydrogen-bond donors (Lipinski definition) is 1. The molecule has 120 valence electrons. The lowest BCUT2D eigenvalue weighted by molar-refractivity contribution is 0.275. The van der Waals surface area contributed by atoms with Gasteiger partial charge in [-0.25, -0.2) is 4.98 Å². The summed E-state index contributed by atoms with van der Waals surface area (Å²) in [5.74, 6) is 0. The molecule has 1 heterocycles. The van der Waals surface area contributed by atoms with Crippen molar-refractivity contribution in [2.24, 2.45) is 5.73 Å². The second-order valence-corrected chi connectivity index (χ2v) is 6.46. The maximum absolute atomic E-state index is 5.60. The highest BCUT2D eigenvalue weighted by Crippen LogP contribution is 2.25. The van der Waals surface area contributed by atoms with E-state index >= 15 is 0 Å². The predicted octanol–water partition coefficient (Wildman–Crippen LogP) is 3.93. The number of nitrogens with zero attached hydrogens (tertiary/aromatic N) is 2. The maximum atomic E-state index is 5.60. The first kappa shape index (κ1) is 17.1. The van der Waals surface area contributed by atoms with Gasteiger partial charge in [-0.3, -0.25) is 4.90 Å². The zero-order valence-electron chi connectivity index (χ0n) is 13.7. The van der Waals surface area contributed by atoms with Gasteiger partial charge in [0.25, 0.3) is 0 Å². The fraction of sp³-hybridized carbons (Fsp3) is 0.500.